The highest BCUT2D eigenvalue weighted by atomic mass is 15.1. The summed E-state index contributed by atoms with van der Waals surface area (Å²) in [5.41, 5.74) is 8.05. The van der Waals surface area contributed by atoms with Crippen LogP contribution in [0.5, 0.6) is 0 Å². The van der Waals surface area contributed by atoms with E-state index in [1.165, 1.54) is 24.8 Å². The van der Waals surface area contributed by atoms with Crippen molar-refractivity contribution in [2.24, 2.45) is 11.7 Å². The fraction of sp³-hybridized carbons (Fsp3) is 0.381. The number of aromatic nitrogens is 4. The van der Waals surface area contributed by atoms with Crippen molar-refractivity contribution in [1.82, 2.24) is 19.5 Å². The van der Waals surface area contributed by atoms with Gasteiger partial charge in [-0.1, -0.05) is 36.8 Å². The Morgan fingerprint density at radius 3 is 2.67 bits per heavy atom. The molecule has 4 rings (SSSR count). The maximum Gasteiger partial charge on any atom is 0.222 e. The van der Waals surface area contributed by atoms with Crippen LogP contribution in [0.15, 0.2) is 55.1 Å². The van der Waals surface area contributed by atoms with Crippen molar-refractivity contribution in [2.45, 2.75) is 38.3 Å². The van der Waals surface area contributed by atoms with Gasteiger partial charge in [-0.3, -0.25) is 0 Å². The van der Waals surface area contributed by atoms with Crippen molar-refractivity contribution in [3.05, 3.63) is 60.7 Å². The van der Waals surface area contributed by atoms with E-state index in [1.807, 2.05) is 36.8 Å². The third kappa shape index (κ3) is 4.17. The van der Waals surface area contributed by atoms with Gasteiger partial charge in [-0.25, -0.2) is 15.0 Å². The van der Waals surface area contributed by atoms with Crippen molar-refractivity contribution < 1.29 is 0 Å². The normalized spacial score (nSPS) is 19.7. The van der Waals surface area contributed by atoms with E-state index in [0.717, 1.165) is 24.4 Å². The monoisotopic (exact) mass is 362 g/mol. The first-order valence-corrected chi connectivity index (χ1v) is 9.66. The zero-order valence-corrected chi connectivity index (χ0v) is 15.5. The number of nitrogens with two attached hydrogens (primary N) is 1. The van der Waals surface area contributed by atoms with E-state index in [2.05, 4.69) is 43.2 Å². The number of benzene rings is 1. The minimum Gasteiger partial charge on any atom is -0.350 e. The molecule has 0 amide bonds. The molecule has 1 saturated carbocycles. The fourth-order valence-electron chi connectivity index (χ4n) is 3.87. The first-order valence-electron chi connectivity index (χ1n) is 9.66. The molecule has 0 spiro atoms. The molecule has 0 radical (unpaired) electrons. The number of nitrogens with zero attached hydrogens (tertiary/aromatic N) is 4. The van der Waals surface area contributed by atoms with E-state index in [9.17, 15) is 0 Å². The molecule has 140 valence electrons. The molecule has 27 heavy (non-hydrogen) atoms. The van der Waals surface area contributed by atoms with Crippen LogP contribution in [0.25, 0.3) is 11.4 Å². The molecule has 2 atom stereocenters. The highest BCUT2D eigenvalue weighted by molar-refractivity contribution is 5.54. The molecule has 0 saturated heterocycles. The van der Waals surface area contributed by atoms with Crippen LogP contribution in [-0.4, -0.2) is 26.1 Å². The minimum absolute atomic E-state index is 0.459. The first-order chi connectivity index (χ1) is 13.3. The van der Waals surface area contributed by atoms with Crippen molar-refractivity contribution in [3.8, 4) is 11.4 Å². The average molecular weight is 362 g/mol. The molecule has 1 aliphatic rings. The van der Waals surface area contributed by atoms with E-state index in [0.29, 0.717) is 24.5 Å². The Balaban J connectivity index is 1.46. The second-order valence-electron chi connectivity index (χ2n) is 7.21. The van der Waals surface area contributed by atoms with Crippen LogP contribution in [0.2, 0.25) is 0 Å². The maximum absolute atomic E-state index is 5.90. The van der Waals surface area contributed by atoms with Gasteiger partial charge in [0.05, 0.1) is 5.56 Å². The standard InChI is InChI=1S/C21H26N6/c22-12-17-7-4-8-19(11-17)27-10-9-23-20(27)18-14-25-21(26-15-18)24-13-16-5-2-1-3-6-16/h1-3,5-6,9-10,14-15,17,19H,4,7-8,11-13,22H2,(H,24,25,26)/t17-,19+/m0/s1. The zero-order chi connectivity index (χ0) is 18.5. The molecule has 2 aromatic heterocycles. The van der Waals surface area contributed by atoms with E-state index < -0.39 is 0 Å². The Bertz CT molecular complexity index is 843. The smallest absolute Gasteiger partial charge is 0.222 e. The quantitative estimate of drug-likeness (QED) is 0.699. The summed E-state index contributed by atoms with van der Waals surface area (Å²) in [4.78, 5) is 13.5. The van der Waals surface area contributed by atoms with Crippen LogP contribution in [0, 0.1) is 5.92 Å². The summed E-state index contributed by atoms with van der Waals surface area (Å²) in [6.07, 6.45) is 12.4. The highest BCUT2D eigenvalue weighted by Crippen LogP contribution is 2.34. The van der Waals surface area contributed by atoms with Crippen molar-refractivity contribution >= 4 is 5.95 Å². The summed E-state index contributed by atoms with van der Waals surface area (Å²) in [6.45, 7) is 1.47. The lowest BCUT2D eigenvalue weighted by atomic mass is 9.85. The van der Waals surface area contributed by atoms with Gasteiger partial charge in [0, 0.05) is 37.4 Å². The van der Waals surface area contributed by atoms with Gasteiger partial charge in [0.2, 0.25) is 5.95 Å². The number of rotatable bonds is 6. The molecule has 0 bridgehead atoms. The summed E-state index contributed by atoms with van der Waals surface area (Å²) in [6, 6.07) is 10.7. The zero-order valence-electron chi connectivity index (χ0n) is 15.5. The molecule has 6 nitrogen and oxygen atoms in total. The molecular weight excluding hydrogens is 336 g/mol. The van der Waals surface area contributed by atoms with Crippen molar-refractivity contribution in [3.63, 3.8) is 0 Å². The highest BCUT2D eigenvalue weighted by Gasteiger charge is 2.24. The summed E-state index contributed by atoms with van der Waals surface area (Å²) in [7, 11) is 0. The lowest BCUT2D eigenvalue weighted by Gasteiger charge is -2.30. The van der Waals surface area contributed by atoms with Crippen molar-refractivity contribution in [2.75, 3.05) is 11.9 Å². The molecule has 1 aliphatic carbocycles. The Labute approximate surface area is 159 Å². The molecule has 3 N–H and O–H groups in total. The second-order valence-corrected chi connectivity index (χ2v) is 7.21. The van der Waals surface area contributed by atoms with Gasteiger partial charge >= 0.3 is 0 Å². The SMILES string of the molecule is NC[C@H]1CCC[C@@H](n2ccnc2-c2cnc(NCc3ccccc3)nc2)C1. The number of anilines is 1. The van der Waals surface area contributed by atoms with Gasteiger partial charge in [-0.05, 0) is 37.3 Å². The topological polar surface area (TPSA) is 81.7 Å². The maximum atomic E-state index is 5.90. The van der Waals surface area contributed by atoms with Crippen molar-refractivity contribution in [1.29, 1.82) is 0 Å². The molecule has 3 aromatic rings. The predicted molar refractivity (Wildman–Crippen MR) is 107 cm³/mol. The van der Waals surface area contributed by atoms with Crippen LogP contribution in [0.1, 0.15) is 37.3 Å². The Kier molecular flexibility index (Phi) is 5.44. The second kappa shape index (κ2) is 8.31. The summed E-state index contributed by atoms with van der Waals surface area (Å²) in [5, 5.41) is 3.26. The van der Waals surface area contributed by atoms with E-state index in [-0.39, 0.29) is 0 Å². The largest absolute Gasteiger partial charge is 0.350 e. The third-order valence-corrected chi connectivity index (χ3v) is 5.35. The van der Waals surface area contributed by atoms with E-state index in [1.54, 1.807) is 0 Å². The molecular formula is C21H26N6. The van der Waals surface area contributed by atoms with Gasteiger partial charge in [0.1, 0.15) is 5.82 Å². The van der Waals surface area contributed by atoms with Gasteiger partial charge in [0.15, 0.2) is 0 Å². The average Bonchev–Trinajstić information content (AvgIpc) is 3.23. The van der Waals surface area contributed by atoms with Crippen LogP contribution in [0.4, 0.5) is 5.95 Å². The molecule has 6 heteroatoms. The van der Waals surface area contributed by atoms with Gasteiger partial charge in [-0.15, -0.1) is 0 Å². The van der Waals surface area contributed by atoms with E-state index >= 15 is 0 Å². The van der Waals surface area contributed by atoms with Gasteiger partial charge < -0.3 is 15.6 Å². The van der Waals surface area contributed by atoms with Gasteiger partial charge in [-0.2, -0.15) is 0 Å². The molecule has 2 heterocycles. The lowest BCUT2D eigenvalue weighted by Crippen LogP contribution is -2.24. The molecule has 1 fully saturated rings. The lowest BCUT2D eigenvalue weighted by molar-refractivity contribution is 0.273. The third-order valence-electron chi connectivity index (χ3n) is 5.35. The number of imidazole rings is 1. The molecule has 0 aliphatic heterocycles. The Morgan fingerprint density at radius 1 is 1.07 bits per heavy atom. The first kappa shape index (κ1) is 17.7. The Hall–Kier alpha value is -2.73. The van der Waals surface area contributed by atoms with Crippen LogP contribution in [0.3, 0.4) is 0 Å². The number of hydrogen-bond donors (Lipinski definition) is 2. The summed E-state index contributed by atoms with van der Waals surface area (Å²) in [5.74, 6) is 2.17. The van der Waals surface area contributed by atoms with Crippen LogP contribution < -0.4 is 11.1 Å². The number of nitrogens with one attached hydrogen (secondary N) is 1. The predicted octanol–water partition coefficient (Wildman–Crippen LogP) is 3.64. The van der Waals surface area contributed by atoms with Crippen LogP contribution >= 0.6 is 0 Å². The Morgan fingerprint density at radius 2 is 1.89 bits per heavy atom. The van der Waals surface area contributed by atoms with Gasteiger partial charge in [0.25, 0.3) is 0 Å². The number of hydrogen-bond acceptors (Lipinski definition) is 5. The molecule has 1 aromatic carbocycles. The van der Waals surface area contributed by atoms with E-state index in [4.69, 9.17) is 5.73 Å². The minimum atomic E-state index is 0.459. The van der Waals surface area contributed by atoms with Crippen LogP contribution in [-0.2, 0) is 6.54 Å². The summed E-state index contributed by atoms with van der Waals surface area (Å²) >= 11 is 0. The fourth-order valence-corrected chi connectivity index (χ4v) is 3.87. The molecule has 0 unspecified atom stereocenters. The summed E-state index contributed by atoms with van der Waals surface area (Å²) < 4.78 is 2.28.